The van der Waals surface area contributed by atoms with Crippen LogP contribution < -0.4 is 5.32 Å². The van der Waals surface area contributed by atoms with E-state index >= 15 is 0 Å². The zero-order chi connectivity index (χ0) is 13.0. The molecule has 0 amide bonds. The van der Waals surface area contributed by atoms with Crippen LogP contribution in [0.1, 0.15) is 22.5 Å². The van der Waals surface area contributed by atoms with E-state index in [1.54, 1.807) is 0 Å². The van der Waals surface area contributed by atoms with Crippen LogP contribution in [0.2, 0.25) is 0 Å². The Bertz CT molecular complexity index is 560. The summed E-state index contributed by atoms with van der Waals surface area (Å²) in [5, 5.41) is 16.4. The van der Waals surface area contributed by atoms with Crippen molar-refractivity contribution in [2.75, 3.05) is 0 Å². The van der Waals surface area contributed by atoms with E-state index in [1.807, 2.05) is 42.9 Å². The van der Waals surface area contributed by atoms with Crippen LogP contribution >= 0.6 is 0 Å². The lowest BCUT2D eigenvalue weighted by atomic mass is 10.1. The van der Waals surface area contributed by atoms with E-state index in [0.29, 0.717) is 5.56 Å². The predicted molar refractivity (Wildman–Crippen MR) is 69.6 cm³/mol. The first-order chi connectivity index (χ1) is 8.69. The normalized spacial score (nSPS) is 10.3. The SMILES string of the molecule is Cc1cc(CNCc2ccc(C#N)cc2)n(C)n1. The maximum Gasteiger partial charge on any atom is 0.0991 e. The van der Waals surface area contributed by atoms with E-state index in [9.17, 15) is 0 Å². The average molecular weight is 240 g/mol. The second kappa shape index (κ2) is 5.48. The molecule has 1 aromatic carbocycles. The molecule has 0 saturated carbocycles. The molecule has 0 unspecified atom stereocenters. The predicted octanol–water partition coefficient (Wildman–Crippen LogP) is 1.89. The van der Waals surface area contributed by atoms with Crippen molar-refractivity contribution in [2.24, 2.45) is 7.05 Å². The molecule has 1 heterocycles. The third kappa shape index (κ3) is 2.96. The molecule has 0 saturated heterocycles. The maximum absolute atomic E-state index is 8.71. The van der Waals surface area contributed by atoms with Gasteiger partial charge in [-0.1, -0.05) is 12.1 Å². The number of benzene rings is 1. The van der Waals surface area contributed by atoms with E-state index in [2.05, 4.69) is 22.6 Å². The molecule has 2 aromatic rings. The van der Waals surface area contributed by atoms with Gasteiger partial charge in [-0.15, -0.1) is 0 Å². The molecule has 0 atom stereocenters. The van der Waals surface area contributed by atoms with Crippen LogP contribution in [-0.4, -0.2) is 9.78 Å². The molecule has 0 bridgehead atoms. The number of rotatable bonds is 4. The molecule has 0 aliphatic carbocycles. The number of nitriles is 1. The summed E-state index contributed by atoms with van der Waals surface area (Å²) in [6, 6.07) is 11.8. The van der Waals surface area contributed by atoms with Crippen molar-refractivity contribution in [1.82, 2.24) is 15.1 Å². The number of aromatic nitrogens is 2. The maximum atomic E-state index is 8.71. The molecule has 0 aliphatic heterocycles. The summed E-state index contributed by atoms with van der Waals surface area (Å²) in [5.74, 6) is 0. The van der Waals surface area contributed by atoms with Crippen molar-refractivity contribution in [3.8, 4) is 6.07 Å². The summed E-state index contributed by atoms with van der Waals surface area (Å²) in [6.45, 7) is 3.57. The standard InChI is InChI=1S/C14H16N4/c1-11-7-14(18(2)17-11)10-16-9-13-5-3-12(8-15)4-6-13/h3-7,16H,9-10H2,1-2H3. The summed E-state index contributed by atoms with van der Waals surface area (Å²) in [7, 11) is 1.95. The molecule has 2 rings (SSSR count). The number of hydrogen-bond acceptors (Lipinski definition) is 3. The number of hydrogen-bond donors (Lipinski definition) is 1. The van der Waals surface area contributed by atoms with Crippen molar-refractivity contribution < 1.29 is 0 Å². The molecule has 4 heteroatoms. The van der Waals surface area contributed by atoms with Gasteiger partial charge in [0.05, 0.1) is 23.0 Å². The Morgan fingerprint density at radius 3 is 2.56 bits per heavy atom. The van der Waals surface area contributed by atoms with Gasteiger partial charge in [0, 0.05) is 20.1 Å². The van der Waals surface area contributed by atoms with Gasteiger partial charge < -0.3 is 5.32 Å². The number of nitrogens with zero attached hydrogens (tertiary/aromatic N) is 3. The quantitative estimate of drug-likeness (QED) is 0.888. The van der Waals surface area contributed by atoms with Crippen LogP contribution in [0.4, 0.5) is 0 Å². The highest BCUT2D eigenvalue weighted by Gasteiger charge is 2.01. The van der Waals surface area contributed by atoms with Gasteiger partial charge in [-0.25, -0.2) is 0 Å². The van der Waals surface area contributed by atoms with E-state index < -0.39 is 0 Å². The minimum atomic E-state index is 0.695. The lowest BCUT2D eigenvalue weighted by Crippen LogP contribution is -2.15. The van der Waals surface area contributed by atoms with Crippen LogP contribution in [0.5, 0.6) is 0 Å². The Morgan fingerprint density at radius 1 is 1.28 bits per heavy atom. The summed E-state index contributed by atoms with van der Waals surface area (Å²) >= 11 is 0. The molecule has 0 fully saturated rings. The fourth-order valence-electron chi connectivity index (χ4n) is 1.86. The zero-order valence-corrected chi connectivity index (χ0v) is 10.6. The van der Waals surface area contributed by atoms with E-state index in [4.69, 9.17) is 5.26 Å². The molecule has 1 N–H and O–H groups in total. The third-order valence-electron chi connectivity index (χ3n) is 2.82. The van der Waals surface area contributed by atoms with Gasteiger partial charge in [0.1, 0.15) is 0 Å². The Hall–Kier alpha value is -2.12. The first-order valence-electron chi connectivity index (χ1n) is 5.88. The Kier molecular flexibility index (Phi) is 3.75. The largest absolute Gasteiger partial charge is 0.307 e. The molecule has 0 radical (unpaired) electrons. The molecule has 0 spiro atoms. The van der Waals surface area contributed by atoms with Crippen molar-refractivity contribution in [3.63, 3.8) is 0 Å². The van der Waals surface area contributed by atoms with Crippen LogP contribution in [0.25, 0.3) is 0 Å². The van der Waals surface area contributed by atoms with E-state index in [0.717, 1.165) is 18.8 Å². The van der Waals surface area contributed by atoms with E-state index in [1.165, 1.54) is 11.3 Å². The van der Waals surface area contributed by atoms with Crippen LogP contribution in [0, 0.1) is 18.3 Å². The van der Waals surface area contributed by atoms with Gasteiger partial charge in [0.2, 0.25) is 0 Å². The summed E-state index contributed by atoms with van der Waals surface area (Å²) in [4.78, 5) is 0. The summed E-state index contributed by atoms with van der Waals surface area (Å²) < 4.78 is 1.89. The Morgan fingerprint density at radius 2 is 2.00 bits per heavy atom. The molecule has 0 aliphatic rings. The van der Waals surface area contributed by atoms with Gasteiger partial charge in [-0.2, -0.15) is 10.4 Å². The van der Waals surface area contributed by atoms with Crippen LogP contribution in [-0.2, 0) is 20.1 Å². The summed E-state index contributed by atoms with van der Waals surface area (Å²) in [5.41, 5.74) is 4.07. The first-order valence-corrected chi connectivity index (χ1v) is 5.88. The third-order valence-corrected chi connectivity index (χ3v) is 2.82. The van der Waals surface area contributed by atoms with Gasteiger partial charge in [-0.3, -0.25) is 4.68 Å². The van der Waals surface area contributed by atoms with Gasteiger partial charge >= 0.3 is 0 Å². The highest BCUT2D eigenvalue weighted by Crippen LogP contribution is 2.04. The topological polar surface area (TPSA) is 53.6 Å². The highest BCUT2D eigenvalue weighted by molar-refractivity contribution is 5.31. The molecule has 1 aromatic heterocycles. The minimum absolute atomic E-state index is 0.695. The van der Waals surface area contributed by atoms with Crippen molar-refractivity contribution in [2.45, 2.75) is 20.0 Å². The molecule has 18 heavy (non-hydrogen) atoms. The fourth-order valence-corrected chi connectivity index (χ4v) is 1.86. The van der Waals surface area contributed by atoms with Gasteiger partial charge in [-0.05, 0) is 30.7 Å². The van der Waals surface area contributed by atoms with Crippen molar-refractivity contribution >= 4 is 0 Å². The monoisotopic (exact) mass is 240 g/mol. The van der Waals surface area contributed by atoms with Gasteiger partial charge in [0.15, 0.2) is 0 Å². The number of aryl methyl sites for hydroxylation is 2. The zero-order valence-electron chi connectivity index (χ0n) is 10.6. The molecular formula is C14H16N4. The molecular weight excluding hydrogens is 224 g/mol. The van der Waals surface area contributed by atoms with Crippen LogP contribution in [0.15, 0.2) is 30.3 Å². The second-order valence-corrected chi connectivity index (χ2v) is 4.31. The van der Waals surface area contributed by atoms with E-state index in [-0.39, 0.29) is 0 Å². The smallest absolute Gasteiger partial charge is 0.0991 e. The number of nitrogens with one attached hydrogen (secondary N) is 1. The fraction of sp³-hybridized carbons (Fsp3) is 0.286. The Labute approximate surface area is 107 Å². The molecule has 4 nitrogen and oxygen atoms in total. The van der Waals surface area contributed by atoms with Gasteiger partial charge in [0.25, 0.3) is 0 Å². The van der Waals surface area contributed by atoms with Crippen LogP contribution in [0.3, 0.4) is 0 Å². The van der Waals surface area contributed by atoms with Crippen molar-refractivity contribution in [1.29, 1.82) is 5.26 Å². The second-order valence-electron chi connectivity index (χ2n) is 4.31. The highest BCUT2D eigenvalue weighted by atomic mass is 15.3. The average Bonchev–Trinajstić information content (AvgIpc) is 2.69. The first kappa shape index (κ1) is 12.3. The molecule has 92 valence electrons. The lowest BCUT2D eigenvalue weighted by molar-refractivity contribution is 0.624. The van der Waals surface area contributed by atoms with Crippen molar-refractivity contribution in [3.05, 3.63) is 52.8 Å². The Balaban J connectivity index is 1.88. The lowest BCUT2D eigenvalue weighted by Gasteiger charge is -2.05. The minimum Gasteiger partial charge on any atom is -0.307 e. The summed E-state index contributed by atoms with van der Waals surface area (Å²) in [6.07, 6.45) is 0.